The molecule has 0 atom stereocenters. The lowest BCUT2D eigenvalue weighted by Gasteiger charge is -2.28. The summed E-state index contributed by atoms with van der Waals surface area (Å²) in [5.41, 5.74) is 0.765. The van der Waals surface area contributed by atoms with Gasteiger partial charge in [-0.2, -0.15) is 0 Å². The molecule has 0 amide bonds. The number of methoxy groups -OCH3 is 1. The van der Waals surface area contributed by atoms with E-state index in [0.717, 1.165) is 27.9 Å². The maximum atomic E-state index is 12.8. The van der Waals surface area contributed by atoms with Crippen LogP contribution in [0.25, 0.3) is 0 Å². The van der Waals surface area contributed by atoms with Crippen LogP contribution in [-0.4, -0.2) is 12.9 Å². The second-order valence-electron chi connectivity index (χ2n) is 6.07. The number of carbonyl (C=O) groups excluding carboxylic acids is 1. The molecule has 3 heteroatoms. The number of unbranched alkanes of at least 4 members (excludes halogenated alkanes) is 1. The van der Waals surface area contributed by atoms with Crippen LogP contribution >= 0.6 is 22.6 Å². The van der Waals surface area contributed by atoms with E-state index < -0.39 is 0 Å². The van der Waals surface area contributed by atoms with Crippen LogP contribution < -0.4 is 4.74 Å². The first-order valence-corrected chi connectivity index (χ1v) is 9.11. The Labute approximate surface area is 141 Å². The minimum Gasteiger partial charge on any atom is -0.496 e. The van der Waals surface area contributed by atoms with Crippen molar-refractivity contribution in [2.45, 2.75) is 51.9 Å². The van der Waals surface area contributed by atoms with Gasteiger partial charge in [-0.25, -0.2) is 0 Å². The molecule has 2 nitrogen and oxygen atoms in total. The number of rotatable bonds is 6. The fourth-order valence-electron chi connectivity index (χ4n) is 3.30. The smallest absolute Gasteiger partial charge is 0.169 e. The number of carbonyl (C=O) groups is 1. The Hall–Kier alpha value is -0.580. The summed E-state index contributed by atoms with van der Waals surface area (Å²) in [5, 5.41) is 0. The lowest BCUT2D eigenvalue weighted by atomic mass is 9.77. The lowest BCUT2D eigenvalue weighted by molar-refractivity contribution is 0.0866. The molecular weight excluding hydrogens is 375 g/mol. The standard InChI is InChI=1S/C18H25IO2/c1-3-4-5-13-6-8-14(9-7-13)18(20)16-12-15(19)10-11-17(16)21-2/h10-14H,3-9H2,1-2H3. The SMILES string of the molecule is CCCCC1CCC(C(=O)c2cc(I)ccc2OC)CC1. The Morgan fingerprint density at radius 2 is 2.00 bits per heavy atom. The van der Waals surface area contributed by atoms with Crippen LogP contribution in [0.4, 0.5) is 0 Å². The molecule has 0 saturated heterocycles. The molecule has 0 unspecified atom stereocenters. The average Bonchev–Trinajstić information content (AvgIpc) is 2.52. The zero-order chi connectivity index (χ0) is 15.2. The van der Waals surface area contributed by atoms with E-state index in [1.807, 2.05) is 18.2 Å². The molecule has 1 fully saturated rings. The summed E-state index contributed by atoms with van der Waals surface area (Å²) in [5.74, 6) is 2.02. The molecule has 0 bridgehead atoms. The predicted molar refractivity (Wildman–Crippen MR) is 95.0 cm³/mol. The van der Waals surface area contributed by atoms with E-state index in [1.165, 1.54) is 32.1 Å². The normalized spacial score (nSPS) is 22.0. The summed E-state index contributed by atoms with van der Waals surface area (Å²) in [6.07, 6.45) is 8.45. The van der Waals surface area contributed by atoms with Gasteiger partial charge >= 0.3 is 0 Å². The molecule has 0 aromatic heterocycles. The van der Waals surface area contributed by atoms with E-state index in [1.54, 1.807) is 7.11 Å². The largest absolute Gasteiger partial charge is 0.496 e. The summed E-state index contributed by atoms with van der Waals surface area (Å²) < 4.78 is 6.45. The van der Waals surface area contributed by atoms with Crippen molar-refractivity contribution in [3.05, 3.63) is 27.3 Å². The third-order valence-electron chi connectivity index (χ3n) is 4.61. The van der Waals surface area contributed by atoms with Crippen LogP contribution in [-0.2, 0) is 0 Å². The van der Waals surface area contributed by atoms with Gasteiger partial charge in [0.2, 0.25) is 0 Å². The maximum absolute atomic E-state index is 12.8. The first kappa shape index (κ1) is 16.8. The maximum Gasteiger partial charge on any atom is 0.169 e. The Bertz CT molecular complexity index is 476. The minimum atomic E-state index is 0.190. The summed E-state index contributed by atoms with van der Waals surface area (Å²) in [6, 6.07) is 5.85. The number of hydrogen-bond acceptors (Lipinski definition) is 2. The van der Waals surface area contributed by atoms with E-state index in [9.17, 15) is 4.79 Å². The first-order chi connectivity index (χ1) is 10.2. The Morgan fingerprint density at radius 1 is 1.29 bits per heavy atom. The van der Waals surface area contributed by atoms with Crippen LogP contribution in [0.3, 0.4) is 0 Å². The summed E-state index contributed by atoms with van der Waals surface area (Å²) in [4.78, 5) is 12.8. The summed E-state index contributed by atoms with van der Waals surface area (Å²) >= 11 is 2.25. The lowest BCUT2D eigenvalue weighted by Crippen LogP contribution is -2.22. The topological polar surface area (TPSA) is 26.3 Å². The van der Waals surface area contributed by atoms with Crippen molar-refractivity contribution in [1.82, 2.24) is 0 Å². The molecule has 1 aromatic carbocycles. The van der Waals surface area contributed by atoms with E-state index >= 15 is 0 Å². The van der Waals surface area contributed by atoms with Crippen LogP contribution in [0.15, 0.2) is 18.2 Å². The van der Waals surface area contributed by atoms with Crippen LogP contribution in [0.5, 0.6) is 5.75 Å². The van der Waals surface area contributed by atoms with Gasteiger partial charge in [0.15, 0.2) is 5.78 Å². The van der Waals surface area contributed by atoms with E-state index in [4.69, 9.17) is 4.74 Å². The fourth-order valence-corrected chi connectivity index (χ4v) is 3.79. The third kappa shape index (κ3) is 4.44. The zero-order valence-corrected chi connectivity index (χ0v) is 15.2. The fraction of sp³-hybridized carbons (Fsp3) is 0.611. The molecular formula is C18H25IO2. The number of Topliss-reactive ketones (excluding diaryl/α,β-unsaturated/α-hetero) is 1. The summed E-state index contributed by atoms with van der Waals surface area (Å²) in [7, 11) is 1.64. The zero-order valence-electron chi connectivity index (χ0n) is 13.0. The highest BCUT2D eigenvalue weighted by Gasteiger charge is 2.28. The van der Waals surface area contributed by atoms with Crippen molar-refractivity contribution in [2.75, 3.05) is 7.11 Å². The molecule has 0 radical (unpaired) electrons. The van der Waals surface area contributed by atoms with Crippen molar-refractivity contribution in [3.8, 4) is 5.75 Å². The Kier molecular flexibility index (Phi) is 6.52. The Balaban J connectivity index is 2.00. The van der Waals surface area contributed by atoms with Gasteiger partial charge in [-0.15, -0.1) is 0 Å². The van der Waals surface area contributed by atoms with Gasteiger partial charge in [0, 0.05) is 9.49 Å². The van der Waals surface area contributed by atoms with Crippen molar-refractivity contribution in [3.63, 3.8) is 0 Å². The van der Waals surface area contributed by atoms with Crippen LogP contribution in [0.1, 0.15) is 62.2 Å². The molecule has 1 aliphatic carbocycles. The molecule has 2 rings (SSSR count). The first-order valence-electron chi connectivity index (χ1n) is 8.03. The molecule has 0 N–H and O–H groups in total. The molecule has 0 aliphatic heterocycles. The molecule has 0 spiro atoms. The van der Waals surface area contributed by atoms with Gasteiger partial charge in [-0.1, -0.05) is 26.2 Å². The number of hydrogen-bond donors (Lipinski definition) is 0. The van der Waals surface area contributed by atoms with Gasteiger partial charge in [0.1, 0.15) is 5.75 Å². The predicted octanol–water partition coefficient (Wildman–Crippen LogP) is 5.48. The van der Waals surface area contributed by atoms with E-state index in [0.29, 0.717) is 5.75 Å². The second kappa shape index (κ2) is 8.16. The van der Waals surface area contributed by atoms with Crippen molar-refractivity contribution in [2.24, 2.45) is 11.8 Å². The number of halogens is 1. The van der Waals surface area contributed by atoms with Gasteiger partial charge < -0.3 is 4.74 Å². The highest BCUT2D eigenvalue weighted by molar-refractivity contribution is 14.1. The monoisotopic (exact) mass is 400 g/mol. The molecule has 1 aromatic rings. The van der Waals surface area contributed by atoms with Gasteiger partial charge in [0.05, 0.1) is 12.7 Å². The molecule has 0 heterocycles. The second-order valence-corrected chi connectivity index (χ2v) is 7.31. The van der Waals surface area contributed by atoms with Crippen LogP contribution in [0.2, 0.25) is 0 Å². The van der Waals surface area contributed by atoms with Crippen molar-refractivity contribution in [1.29, 1.82) is 0 Å². The van der Waals surface area contributed by atoms with Crippen LogP contribution in [0, 0.1) is 15.4 Å². The number of benzene rings is 1. The van der Waals surface area contributed by atoms with Gasteiger partial charge in [-0.05, 0) is 72.4 Å². The summed E-state index contributed by atoms with van der Waals surface area (Å²) in [6.45, 7) is 2.25. The van der Waals surface area contributed by atoms with E-state index in [2.05, 4.69) is 29.5 Å². The van der Waals surface area contributed by atoms with Crippen molar-refractivity contribution < 1.29 is 9.53 Å². The molecule has 21 heavy (non-hydrogen) atoms. The van der Waals surface area contributed by atoms with Gasteiger partial charge in [-0.3, -0.25) is 4.79 Å². The Morgan fingerprint density at radius 3 is 2.62 bits per heavy atom. The average molecular weight is 400 g/mol. The van der Waals surface area contributed by atoms with Gasteiger partial charge in [0.25, 0.3) is 0 Å². The molecule has 1 aliphatic rings. The molecule has 1 saturated carbocycles. The third-order valence-corrected chi connectivity index (χ3v) is 5.28. The highest BCUT2D eigenvalue weighted by Crippen LogP contribution is 2.35. The van der Waals surface area contributed by atoms with Crippen molar-refractivity contribution >= 4 is 28.4 Å². The quantitative estimate of drug-likeness (QED) is 0.467. The number of ether oxygens (including phenoxy) is 1. The number of ketones is 1. The molecule has 116 valence electrons. The van der Waals surface area contributed by atoms with E-state index in [-0.39, 0.29) is 11.7 Å². The minimum absolute atomic E-state index is 0.190. The highest BCUT2D eigenvalue weighted by atomic mass is 127.